The zero-order valence-electron chi connectivity index (χ0n) is 5.70. The molecule has 0 bridgehead atoms. The SMILES string of the molecule is C#CCNC(=O)/C=C\C(=O)O. The summed E-state index contributed by atoms with van der Waals surface area (Å²) in [7, 11) is 0. The first kappa shape index (κ1) is 9.24. The second kappa shape index (κ2) is 5.06. The first-order chi connectivity index (χ1) is 5.16. The van der Waals surface area contributed by atoms with Gasteiger partial charge in [-0.15, -0.1) is 6.42 Å². The molecule has 0 aliphatic rings. The Morgan fingerprint density at radius 2 is 2.18 bits per heavy atom. The molecule has 58 valence electrons. The van der Waals surface area contributed by atoms with Gasteiger partial charge in [-0.2, -0.15) is 0 Å². The van der Waals surface area contributed by atoms with Crippen LogP contribution < -0.4 is 5.32 Å². The van der Waals surface area contributed by atoms with Crippen LogP contribution in [0.2, 0.25) is 0 Å². The smallest absolute Gasteiger partial charge is 0.328 e. The van der Waals surface area contributed by atoms with Gasteiger partial charge in [0.15, 0.2) is 0 Å². The van der Waals surface area contributed by atoms with Crippen LogP contribution in [0.15, 0.2) is 12.2 Å². The fraction of sp³-hybridized carbons (Fsp3) is 0.143. The second-order valence-electron chi connectivity index (χ2n) is 1.59. The van der Waals surface area contributed by atoms with E-state index in [2.05, 4.69) is 11.2 Å². The van der Waals surface area contributed by atoms with Crippen molar-refractivity contribution < 1.29 is 14.7 Å². The lowest BCUT2D eigenvalue weighted by Crippen LogP contribution is -2.21. The van der Waals surface area contributed by atoms with Crippen LogP contribution in [-0.2, 0) is 9.59 Å². The number of terminal acetylenes is 1. The van der Waals surface area contributed by atoms with Crippen molar-refractivity contribution in [2.24, 2.45) is 0 Å². The van der Waals surface area contributed by atoms with Crippen molar-refractivity contribution in [1.29, 1.82) is 0 Å². The predicted octanol–water partition coefficient (Wildman–Crippen LogP) is -0.623. The van der Waals surface area contributed by atoms with E-state index in [0.717, 1.165) is 12.2 Å². The fourth-order valence-corrected chi connectivity index (χ4v) is 0.344. The molecule has 0 atom stereocenters. The van der Waals surface area contributed by atoms with Crippen molar-refractivity contribution in [2.45, 2.75) is 0 Å². The fourth-order valence-electron chi connectivity index (χ4n) is 0.344. The summed E-state index contributed by atoms with van der Waals surface area (Å²) < 4.78 is 0. The maximum atomic E-state index is 10.5. The van der Waals surface area contributed by atoms with Gasteiger partial charge in [0, 0.05) is 12.2 Å². The summed E-state index contributed by atoms with van der Waals surface area (Å²) in [6.07, 6.45) is 6.47. The van der Waals surface area contributed by atoms with Crippen molar-refractivity contribution in [3.05, 3.63) is 12.2 Å². The molecule has 0 unspecified atom stereocenters. The molecule has 0 heterocycles. The van der Waals surface area contributed by atoms with Crippen LogP contribution in [0.3, 0.4) is 0 Å². The van der Waals surface area contributed by atoms with Gasteiger partial charge >= 0.3 is 5.97 Å². The Labute approximate surface area is 63.9 Å². The molecule has 0 fully saturated rings. The molecule has 2 N–H and O–H groups in total. The average molecular weight is 153 g/mol. The van der Waals surface area contributed by atoms with Crippen molar-refractivity contribution in [2.75, 3.05) is 6.54 Å². The molecule has 4 nitrogen and oxygen atoms in total. The molecule has 0 aromatic heterocycles. The number of carboxylic acid groups (broad SMARTS) is 1. The summed E-state index contributed by atoms with van der Waals surface area (Å²) in [5, 5.41) is 10.3. The number of nitrogens with one attached hydrogen (secondary N) is 1. The lowest BCUT2D eigenvalue weighted by Gasteiger charge is -1.91. The largest absolute Gasteiger partial charge is 0.478 e. The minimum atomic E-state index is -1.17. The normalized spacial score (nSPS) is 9.00. The van der Waals surface area contributed by atoms with Crippen LogP contribution in [0.5, 0.6) is 0 Å². The van der Waals surface area contributed by atoms with Crippen LogP contribution in [0.4, 0.5) is 0 Å². The molecular formula is C7H7NO3. The number of amides is 1. The van der Waals surface area contributed by atoms with Crippen LogP contribution in [0.25, 0.3) is 0 Å². The molecule has 0 aliphatic carbocycles. The number of hydrogen-bond donors (Lipinski definition) is 2. The summed E-state index contributed by atoms with van der Waals surface area (Å²) in [4.78, 5) is 20.4. The summed E-state index contributed by atoms with van der Waals surface area (Å²) in [5.41, 5.74) is 0. The van der Waals surface area contributed by atoms with Crippen LogP contribution in [0, 0.1) is 12.3 Å². The third kappa shape index (κ3) is 6.12. The van der Waals surface area contributed by atoms with E-state index in [0.29, 0.717) is 0 Å². The number of aliphatic carboxylic acids is 1. The van der Waals surface area contributed by atoms with Crippen molar-refractivity contribution in [3.63, 3.8) is 0 Å². The second-order valence-corrected chi connectivity index (χ2v) is 1.59. The predicted molar refractivity (Wildman–Crippen MR) is 38.6 cm³/mol. The van der Waals surface area contributed by atoms with Crippen molar-refractivity contribution in [3.8, 4) is 12.3 Å². The third-order valence-electron chi connectivity index (χ3n) is 0.742. The summed E-state index contributed by atoms with van der Waals surface area (Å²) >= 11 is 0. The number of rotatable bonds is 3. The molecule has 1 amide bonds. The molecule has 0 rings (SSSR count). The molecule has 0 aromatic rings. The summed E-state index contributed by atoms with van der Waals surface area (Å²) in [6, 6.07) is 0. The van der Waals surface area contributed by atoms with Crippen LogP contribution in [-0.4, -0.2) is 23.5 Å². The first-order valence-electron chi connectivity index (χ1n) is 2.79. The Balaban J connectivity index is 3.71. The number of carboxylic acids is 1. The van der Waals surface area contributed by atoms with E-state index in [1.165, 1.54) is 0 Å². The monoisotopic (exact) mass is 153 g/mol. The zero-order valence-corrected chi connectivity index (χ0v) is 5.70. The molecule has 4 heteroatoms. The Bertz CT molecular complexity index is 224. The van der Waals surface area contributed by atoms with E-state index in [4.69, 9.17) is 11.5 Å². The Morgan fingerprint density at radius 3 is 2.64 bits per heavy atom. The topological polar surface area (TPSA) is 66.4 Å². The minimum absolute atomic E-state index is 0.1000. The van der Waals surface area contributed by atoms with Crippen LogP contribution >= 0.6 is 0 Å². The van der Waals surface area contributed by atoms with Crippen LogP contribution in [0.1, 0.15) is 0 Å². The van der Waals surface area contributed by atoms with Gasteiger partial charge in [0.05, 0.1) is 6.54 Å². The van der Waals surface area contributed by atoms with Gasteiger partial charge in [-0.3, -0.25) is 4.79 Å². The highest BCUT2D eigenvalue weighted by Gasteiger charge is 1.92. The van der Waals surface area contributed by atoms with Gasteiger partial charge in [-0.1, -0.05) is 5.92 Å². The third-order valence-corrected chi connectivity index (χ3v) is 0.742. The van der Waals surface area contributed by atoms with Gasteiger partial charge in [0.25, 0.3) is 0 Å². The van der Waals surface area contributed by atoms with Gasteiger partial charge in [-0.05, 0) is 0 Å². The highest BCUT2D eigenvalue weighted by molar-refractivity contribution is 5.93. The summed E-state index contributed by atoms with van der Waals surface area (Å²) in [6.45, 7) is 0.1000. The van der Waals surface area contributed by atoms with Gasteiger partial charge in [0.2, 0.25) is 5.91 Å². The maximum absolute atomic E-state index is 10.5. The highest BCUT2D eigenvalue weighted by Crippen LogP contribution is 1.72. The van der Waals surface area contributed by atoms with E-state index in [-0.39, 0.29) is 6.54 Å². The van der Waals surface area contributed by atoms with E-state index >= 15 is 0 Å². The Hall–Kier alpha value is -1.76. The summed E-state index contributed by atoms with van der Waals surface area (Å²) in [5.74, 6) is 0.498. The number of carbonyl (C=O) groups is 2. The average Bonchev–Trinajstić information content (AvgIpc) is 1.97. The zero-order chi connectivity index (χ0) is 8.69. The lowest BCUT2D eigenvalue weighted by atomic mass is 10.4. The highest BCUT2D eigenvalue weighted by atomic mass is 16.4. The van der Waals surface area contributed by atoms with Gasteiger partial charge in [0.1, 0.15) is 0 Å². The quantitative estimate of drug-likeness (QED) is 0.419. The molecule has 0 aromatic carbocycles. The van der Waals surface area contributed by atoms with E-state index in [9.17, 15) is 9.59 Å². The van der Waals surface area contributed by atoms with E-state index in [1.54, 1.807) is 0 Å². The maximum Gasteiger partial charge on any atom is 0.328 e. The standard InChI is InChI=1S/C7H7NO3/c1-2-5-8-6(9)3-4-7(10)11/h1,3-4H,5H2,(H,8,9)(H,10,11)/b4-3-. The Morgan fingerprint density at radius 1 is 1.55 bits per heavy atom. The molecule has 11 heavy (non-hydrogen) atoms. The Kier molecular flexibility index (Phi) is 4.25. The number of hydrogen-bond acceptors (Lipinski definition) is 2. The van der Waals surface area contributed by atoms with E-state index < -0.39 is 11.9 Å². The minimum Gasteiger partial charge on any atom is -0.478 e. The van der Waals surface area contributed by atoms with Crippen molar-refractivity contribution >= 4 is 11.9 Å². The first-order valence-corrected chi connectivity index (χ1v) is 2.79. The molecule has 0 saturated carbocycles. The lowest BCUT2D eigenvalue weighted by molar-refractivity contribution is -0.131. The molecule has 0 aliphatic heterocycles. The molecule has 0 radical (unpaired) electrons. The van der Waals surface area contributed by atoms with Gasteiger partial charge < -0.3 is 10.4 Å². The molecule has 0 spiro atoms. The molecule has 0 saturated heterocycles. The molecular weight excluding hydrogens is 146 g/mol. The number of carbonyl (C=O) groups excluding carboxylic acids is 1. The van der Waals surface area contributed by atoms with E-state index in [1.807, 2.05) is 0 Å². The van der Waals surface area contributed by atoms with Crippen molar-refractivity contribution in [1.82, 2.24) is 5.32 Å². The van der Waals surface area contributed by atoms with Gasteiger partial charge in [-0.25, -0.2) is 4.79 Å².